The van der Waals surface area contributed by atoms with Crippen molar-refractivity contribution in [3.63, 3.8) is 0 Å². The molecule has 2 fully saturated rings. The van der Waals surface area contributed by atoms with E-state index >= 15 is 0 Å². The van der Waals surface area contributed by atoms with Gasteiger partial charge in [0.25, 0.3) is 5.19 Å². The van der Waals surface area contributed by atoms with Crippen LogP contribution in [0.2, 0.25) is 0 Å². The topological polar surface area (TPSA) is 50.3 Å². The molecule has 1 N–H and O–H groups in total. The van der Waals surface area contributed by atoms with Crippen LogP contribution < -0.4 is 10.1 Å². The van der Waals surface area contributed by atoms with Crippen LogP contribution >= 0.6 is 11.3 Å². The minimum Gasteiger partial charge on any atom is -0.466 e. The number of ether oxygens (including phenoxy) is 1. The molecule has 1 aromatic heterocycles. The minimum absolute atomic E-state index is 0.318. The maximum absolute atomic E-state index is 5.90. The smallest absolute Gasteiger partial charge is 0.294 e. The molecule has 1 aliphatic heterocycles. The number of hydrogen-bond acceptors (Lipinski definition) is 6. The lowest BCUT2D eigenvalue weighted by molar-refractivity contribution is 0.113. The van der Waals surface area contributed by atoms with Crippen LogP contribution in [-0.4, -0.2) is 47.4 Å². The molecule has 6 heteroatoms. The van der Waals surface area contributed by atoms with Crippen molar-refractivity contribution in [3.8, 4) is 5.19 Å². The zero-order valence-electron chi connectivity index (χ0n) is 10.8. The second kappa shape index (κ2) is 5.50. The quantitative estimate of drug-likeness (QED) is 0.871. The highest BCUT2D eigenvalue weighted by Gasteiger charge is 2.22. The van der Waals surface area contributed by atoms with Crippen LogP contribution in [0.25, 0.3) is 0 Å². The fourth-order valence-electron chi connectivity index (χ4n) is 2.12. The Morgan fingerprint density at radius 3 is 2.78 bits per heavy atom. The van der Waals surface area contributed by atoms with Gasteiger partial charge in [-0.05, 0) is 32.7 Å². The second-order valence-corrected chi connectivity index (χ2v) is 6.26. The first-order chi connectivity index (χ1) is 8.79. The van der Waals surface area contributed by atoms with Crippen LogP contribution in [0.1, 0.15) is 30.7 Å². The van der Waals surface area contributed by atoms with E-state index in [2.05, 4.69) is 27.5 Å². The molecule has 0 amide bonds. The largest absolute Gasteiger partial charge is 0.466 e. The second-order valence-electron chi connectivity index (χ2n) is 5.24. The maximum atomic E-state index is 5.90. The van der Waals surface area contributed by atoms with Crippen molar-refractivity contribution in [1.29, 1.82) is 0 Å². The summed E-state index contributed by atoms with van der Waals surface area (Å²) in [4.78, 5) is 2.34. The first kappa shape index (κ1) is 12.3. The normalized spacial score (nSPS) is 22.3. The Morgan fingerprint density at radius 1 is 1.28 bits per heavy atom. The van der Waals surface area contributed by atoms with Crippen LogP contribution in [-0.2, 0) is 6.54 Å². The van der Waals surface area contributed by atoms with Crippen LogP contribution in [0.5, 0.6) is 5.19 Å². The molecule has 0 atom stereocenters. The summed E-state index contributed by atoms with van der Waals surface area (Å²) in [5.74, 6) is 0. The molecule has 0 radical (unpaired) electrons. The molecule has 100 valence electrons. The average molecular weight is 268 g/mol. The predicted molar refractivity (Wildman–Crippen MR) is 70.9 cm³/mol. The third kappa shape index (κ3) is 3.40. The molecule has 2 aliphatic rings. The number of hydrogen-bond donors (Lipinski definition) is 1. The van der Waals surface area contributed by atoms with E-state index < -0.39 is 0 Å². The van der Waals surface area contributed by atoms with Crippen LogP contribution in [0.15, 0.2) is 0 Å². The minimum atomic E-state index is 0.318. The fraction of sp³-hybridized carbons (Fsp3) is 0.833. The Bertz CT molecular complexity index is 385. The zero-order chi connectivity index (χ0) is 12.4. The fourth-order valence-corrected chi connectivity index (χ4v) is 2.83. The Balaban J connectivity index is 1.46. The summed E-state index contributed by atoms with van der Waals surface area (Å²) in [5.41, 5.74) is 0. The van der Waals surface area contributed by atoms with E-state index in [9.17, 15) is 0 Å². The maximum Gasteiger partial charge on any atom is 0.294 e. The molecule has 1 saturated carbocycles. The van der Waals surface area contributed by atoms with E-state index in [-0.39, 0.29) is 0 Å². The third-order valence-electron chi connectivity index (χ3n) is 3.50. The number of nitrogens with one attached hydrogen (secondary N) is 1. The summed E-state index contributed by atoms with van der Waals surface area (Å²) in [6.45, 7) is 3.05. The molecule has 18 heavy (non-hydrogen) atoms. The van der Waals surface area contributed by atoms with Gasteiger partial charge in [0.05, 0.1) is 6.54 Å². The first-order valence-corrected chi connectivity index (χ1v) is 7.52. The Morgan fingerprint density at radius 2 is 2.06 bits per heavy atom. The van der Waals surface area contributed by atoms with Gasteiger partial charge in [0.2, 0.25) is 0 Å². The van der Waals surface area contributed by atoms with Gasteiger partial charge < -0.3 is 15.0 Å². The van der Waals surface area contributed by atoms with Gasteiger partial charge in [-0.15, -0.1) is 5.10 Å². The summed E-state index contributed by atoms with van der Waals surface area (Å²) in [5, 5.41) is 13.5. The van der Waals surface area contributed by atoms with E-state index in [1.54, 1.807) is 11.3 Å². The van der Waals surface area contributed by atoms with E-state index in [1.165, 1.54) is 12.8 Å². The van der Waals surface area contributed by atoms with Gasteiger partial charge in [0.15, 0.2) is 0 Å². The lowest BCUT2D eigenvalue weighted by Crippen LogP contribution is -2.35. The Labute approximate surface area is 112 Å². The molecule has 2 heterocycles. The third-order valence-corrected chi connectivity index (χ3v) is 4.31. The van der Waals surface area contributed by atoms with Crippen LogP contribution in [0, 0.1) is 0 Å². The number of rotatable bonds is 5. The van der Waals surface area contributed by atoms with Crippen molar-refractivity contribution in [1.82, 2.24) is 20.4 Å². The first-order valence-electron chi connectivity index (χ1n) is 6.70. The molecule has 1 aliphatic carbocycles. The lowest BCUT2D eigenvalue weighted by Gasteiger charge is -2.28. The van der Waals surface area contributed by atoms with Gasteiger partial charge in [-0.25, -0.2) is 0 Å². The van der Waals surface area contributed by atoms with Crippen LogP contribution in [0.4, 0.5) is 0 Å². The molecule has 1 aromatic rings. The van der Waals surface area contributed by atoms with Gasteiger partial charge >= 0.3 is 0 Å². The number of aromatic nitrogens is 2. The molecule has 3 rings (SSSR count). The van der Waals surface area contributed by atoms with Crippen molar-refractivity contribution in [2.45, 2.75) is 44.4 Å². The monoisotopic (exact) mass is 268 g/mol. The van der Waals surface area contributed by atoms with Gasteiger partial charge in [-0.2, -0.15) is 0 Å². The zero-order valence-corrected chi connectivity index (χ0v) is 11.6. The summed E-state index contributed by atoms with van der Waals surface area (Å²) < 4.78 is 5.90. The summed E-state index contributed by atoms with van der Waals surface area (Å²) in [6, 6.07) is 0.715. The molecule has 0 spiro atoms. The molecule has 1 saturated heterocycles. The van der Waals surface area contributed by atoms with Crippen molar-refractivity contribution >= 4 is 11.3 Å². The standard InChI is InChI=1S/C12H20N4OS/c1-16-6-4-10(5-7-16)17-12-15-14-11(18-12)8-13-9-2-3-9/h9-10,13H,2-8H2,1H3. The van der Waals surface area contributed by atoms with E-state index in [1.807, 2.05) is 0 Å². The number of likely N-dealkylation sites (tertiary alicyclic amines) is 1. The average Bonchev–Trinajstić information content (AvgIpc) is 3.10. The molecule has 5 nitrogen and oxygen atoms in total. The van der Waals surface area contributed by atoms with E-state index in [4.69, 9.17) is 4.74 Å². The molecule has 0 aromatic carbocycles. The lowest BCUT2D eigenvalue weighted by atomic mass is 10.1. The highest BCUT2D eigenvalue weighted by molar-refractivity contribution is 7.13. The van der Waals surface area contributed by atoms with Crippen LogP contribution in [0.3, 0.4) is 0 Å². The number of piperidine rings is 1. The van der Waals surface area contributed by atoms with Gasteiger partial charge in [-0.3, -0.25) is 0 Å². The highest BCUT2D eigenvalue weighted by Crippen LogP contribution is 2.24. The molecule has 0 unspecified atom stereocenters. The van der Waals surface area contributed by atoms with Crippen molar-refractivity contribution in [3.05, 3.63) is 5.01 Å². The van der Waals surface area contributed by atoms with Crippen molar-refractivity contribution in [2.24, 2.45) is 0 Å². The summed E-state index contributed by atoms with van der Waals surface area (Å²) in [7, 11) is 2.16. The molecular formula is C12H20N4OS. The number of nitrogens with zero attached hydrogens (tertiary/aromatic N) is 3. The Hall–Kier alpha value is -0.720. The van der Waals surface area contributed by atoms with E-state index in [0.717, 1.165) is 42.7 Å². The van der Waals surface area contributed by atoms with Gasteiger partial charge in [-0.1, -0.05) is 16.4 Å². The molecular weight excluding hydrogens is 248 g/mol. The Kier molecular flexibility index (Phi) is 3.77. The summed E-state index contributed by atoms with van der Waals surface area (Å²) in [6.07, 6.45) is 5.10. The predicted octanol–water partition coefficient (Wildman–Crippen LogP) is 1.26. The SMILES string of the molecule is CN1CCC(Oc2nnc(CNC3CC3)s2)CC1. The van der Waals surface area contributed by atoms with Crippen molar-refractivity contribution < 1.29 is 4.74 Å². The molecule has 0 bridgehead atoms. The van der Waals surface area contributed by atoms with Gasteiger partial charge in [0, 0.05) is 19.1 Å². The highest BCUT2D eigenvalue weighted by atomic mass is 32.1. The van der Waals surface area contributed by atoms with E-state index in [0.29, 0.717) is 12.1 Å². The van der Waals surface area contributed by atoms with Crippen molar-refractivity contribution in [2.75, 3.05) is 20.1 Å². The van der Waals surface area contributed by atoms with Gasteiger partial charge in [0.1, 0.15) is 11.1 Å². The summed E-state index contributed by atoms with van der Waals surface area (Å²) >= 11 is 1.58.